The first-order chi connectivity index (χ1) is 23.5. The minimum absolute atomic E-state index is 0.104. The number of aromatic amines is 1. The van der Waals surface area contributed by atoms with Crippen LogP contribution < -0.4 is 27.8 Å². The first-order valence-corrected chi connectivity index (χ1v) is 16.2. The quantitative estimate of drug-likeness (QED) is 0.0824. The number of fused-ring (bicyclic) bond motifs is 2. The summed E-state index contributed by atoms with van der Waals surface area (Å²) in [5.74, 6) is -2.67. The standard InChI is InChI=1S/C34H42N10O5/c1-20(45)41-27(15-25-16-38-19-40-25)33(49)44-18-24-10-5-3-8-22(24)14-29(44)31(47)42-26(11-6-12-39-34(36)37)32(48)43-17-23-9-4-2-7-21(23)13-28(43)30(35)46/h2-5,7-10,16,19,26-29H,6,11-15,17-18H2,1H3,(H2,35,46)(H,38,40)(H,41,45)(H,42,47)(H4,36,37,39)/t26-,27-,28-,29+/m0/s1. The minimum Gasteiger partial charge on any atom is -0.370 e. The van der Waals surface area contributed by atoms with E-state index in [4.69, 9.17) is 17.2 Å². The third-order valence-corrected chi connectivity index (χ3v) is 8.91. The van der Waals surface area contributed by atoms with Gasteiger partial charge in [0.25, 0.3) is 0 Å². The zero-order chi connectivity index (χ0) is 35.1. The summed E-state index contributed by atoms with van der Waals surface area (Å²) in [4.78, 5) is 81.4. The van der Waals surface area contributed by atoms with Crippen LogP contribution in [0.2, 0.25) is 0 Å². The SMILES string of the molecule is CC(=O)N[C@@H](Cc1cnc[nH]1)C(=O)N1Cc2ccccc2C[C@@H]1C(=O)N[C@@H](CCCN=C(N)N)C(=O)N1Cc2ccccc2C[C@H]1C(N)=O. The van der Waals surface area contributed by atoms with Crippen molar-refractivity contribution in [2.45, 2.75) is 76.3 Å². The van der Waals surface area contributed by atoms with Gasteiger partial charge in [-0.15, -0.1) is 0 Å². The number of nitrogens with one attached hydrogen (secondary N) is 3. The van der Waals surface area contributed by atoms with Gasteiger partial charge >= 0.3 is 0 Å². The Bertz CT molecular complexity index is 1720. The summed E-state index contributed by atoms with van der Waals surface area (Å²) in [5, 5.41) is 5.63. The molecule has 0 saturated heterocycles. The van der Waals surface area contributed by atoms with Crippen LogP contribution in [0.15, 0.2) is 66.0 Å². The fourth-order valence-electron chi connectivity index (χ4n) is 6.49. The van der Waals surface area contributed by atoms with E-state index in [2.05, 4.69) is 25.6 Å². The van der Waals surface area contributed by atoms with Gasteiger partial charge in [0, 0.05) is 57.7 Å². The molecule has 5 amide bonds. The van der Waals surface area contributed by atoms with Crippen molar-refractivity contribution in [3.05, 3.63) is 89.0 Å². The van der Waals surface area contributed by atoms with Crippen LogP contribution in [0.3, 0.4) is 0 Å². The maximum atomic E-state index is 14.3. The first-order valence-electron chi connectivity index (χ1n) is 16.2. The number of rotatable bonds is 12. The molecule has 0 saturated carbocycles. The number of H-pyrrole nitrogens is 1. The largest absolute Gasteiger partial charge is 0.370 e. The lowest BCUT2D eigenvalue weighted by Crippen LogP contribution is -2.61. The first kappa shape index (κ1) is 34.6. The highest BCUT2D eigenvalue weighted by atomic mass is 16.2. The summed E-state index contributed by atoms with van der Waals surface area (Å²) in [5.41, 5.74) is 21.0. The van der Waals surface area contributed by atoms with Gasteiger partial charge in [0.15, 0.2) is 5.96 Å². The minimum atomic E-state index is -1.08. The third-order valence-electron chi connectivity index (χ3n) is 8.91. The summed E-state index contributed by atoms with van der Waals surface area (Å²) in [7, 11) is 0. The molecule has 2 aliphatic rings. The van der Waals surface area contributed by atoms with Crippen molar-refractivity contribution in [3.8, 4) is 0 Å². The Kier molecular flexibility index (Phi) is 10.9. The van der Waals surface area contributed by atoms with Crippen molar-refractivity contribution in [2.24, 2.45) is 22.2 Å². The number of hydrogen-bond donors (Lipinski definition) is 6. The number of nitrogens with two attached hydrogens (primary N) is 3. The Labute approximate surface area is 283 Å². The summed E-state index contributed by atoms with van der Waals surface area (Å²) in [6.45, 7) is 1.77. The van der Waals surface area contributed by atoms with Gasteiger partial charge in [0.05, 0.1) is 6.33 Å². The highest BCUT2D eigenvalue weighted by Crippen LogP contribution is 2.27. The second-order valence-electron chi connectivity index (χ2n) is 12.4. The van der Waals surface area contributed by atoms with E-state index >= 15 is 0 Å². The van der Waals surface area contributed by atoms with Gasteiger partial charge < -0.3 is 42.6 Å². The van der Waals surface area contributed by atoms with E-state index < -0.39 is 53.7 Å². The van der Waals surface area contributed by atoms with Crippen LogP contribution in [0.5, 0.6) is 0 Å². The van der Waals surface area contributed by atoms with Crippen LogP contribution in [0.25, 0.3) is 0 Å². The number of aromatic nitrogens is 2. The molecule has 9 N–H and O–H groups in total. The molecule has 2 aliphatic heterocycles. The predicted octanol–water partition coefficient (Wildman–Crippen LogP) is -0.612. The zero-order valence-corrected chi connectivity index (χ0v) is 27.3. The van der Waals surface area contributed by atoms with Gasteiger partial charge in [-0.2, -0.15) is 0 Å². The maximum Gasteiger partial charge on any atom is 0.246 e. The fourth-order valence-corrected chi connectivity index (χ4v) is 6.49. The molecule has 0 radical (unpaired) electrons. The van der Waals surface area contributed by atoms with Crippen LogP contribution in [0, 0.1) is 0 Å². The highest BCUT2D eigenvalue weighted by molar-refractivity contribution is 5.96. The van der Waals surface area contributed by atoms with E-state index in [-0.39, 0.29) is 51.3 Å². The number of hydrogen-bond acceptors (Lipinski definition) is 7. The fraction of sp³-hybridized carbons (Fsp3) is 0.382. The Morgan fingerprint density at radius 3 is 1.98 bits per heavy atom. The van der Waals surface area contributed by atoms with Crippen molar-refractivity contribution in [1.29, 1.82) is 0 Å². The molecular formula is C34H42N10O5. The van der Waals surface area contributed by atoms with E-state index in [1.165, 1.54) is 23.1 Å². The van der Waals surface area contributed by atoms with Crippen molar-refractivity contribution in [1.82, 2.24) is 30.4 Å². The molecule has 3 heterocycles. The normalized spacial score (nSPS) is 17.9. The number of primary amides is 1. The second-order valence-corrected chi connectivity index (χ2v) is 12.4. The summed E-state index contributed by atoms with van der Waals surface area (Å²) < 4.78 is 0. The van der Waals surface area contributed by atoms with Crippen molar-refractivity contribution >= 4 is 35.5 Å². The average Bonchev–Trinajstić information content (AvgIpc) is 3.60. The molecule has 0 spiro atoms. The number of imidazole rings is 1. The summed E-state index contributed by atoms with van der Waals surface area (Å²) >= 11 is 0. The molecule has 4 atom stereocenters. The number of carbonyl (C=O) groups is 5. The van der Waals surface area contributed by atoms with Crippen LogP contribution >= 0.6 is 0 Å². The van der Waals surface area contributed by atoms with Gasteiger partial charge in [0.1, 0.15) is 24.2 Å². The van der Waals surface area contributed by atoms with E-state index in [0.29, 0.717) is 12.1 Å². The third kappa shape index (κ3) is 8.41. The number of carbonyl (C=O) groups excluding carboxylic acids is 5. The Balaban J connectivity index is 1.44. The summed E-state index contributed by atoms with van der Waals surface area (Å²) in [6.07, 6.45) is 4.08. The lowest BCUT2D eigenvalue weighted by atomic mass is 9.91. The van der Waals surface area contributed by atoms with Crippen LogP contribution in [0.4, 0.5) is 0 Å². The Morgan fingerprint density at radius 2 is 1.43 bits per heavy atom. The van der Waals surface area contributed by atoms with Crippen molar-refractivity contribution < 1.29 is 24.0 Å². The van der Waals surface area contributed by atoms with E-state index in [9.17, 15) is 24.0 Å². The molecule has 0 unspecified atom stereocenters. The number of amides is 5. The topological polar surface area (TPSA) is 235 Å². The molecule has 5 rings (SSSR count). The average molecular weight is 671 g/mol. The molecular weight excluding hydrogens is 628 g/mol. The molecule has 0 aliphatic carbocycles. The van der Waals surface area contributed by atoms with Gasteiger partial charge in [-0.25, -0.2) is 4.98 Å². The lowest BCUT2D eigenvalue weighted by molar-refractivity contribution is -0.147. The molecule has 2 aromatic carbocycles. The number of aliphatic imine (C=N–C) groups is 1. The van der Waals surface area contributed by atoms with E-state index in [1.54, 1.807) is 6.20 Å². The molecule has 1 aromatic heterocycles. The van der Waals surface area contributed by atoms with E-state index in [0.717, 1.165) is 22.3 Å². The number of benzene rings is 2. The van der Waals surface area contributed by atoms with Gasteiger partial charge in [-0.1, -0.05) is 48.5 Å². The molecule has 15 heteroatoms. The van der Waals surface area contributed by atoms with Crippen molar-refractivity contribution in [3.63, 3.8) is 0 Å². The Morgan fingerprint density at radius 1 is 0.857 bits per heavy atom. The molecule has 258 valence electrons. The highest BCUT2D eigenvalue weighted by Gasteiger charge is 2.41. The monoisotopic (exact) mass is 670 g/mol. The lowest BCUT2D eigenvalue weighted by Gasteiger charge is -2.40. The molecule has 0 fully saturated rings. The maximum absolute atomic E-state index is 14.3. The van der Waals surface area contributed by atoms with Gasteiger partial charge in [-0.05, 0) is 35.1 Å². The Hall–Kier alpha value is -5.73. The van der Waals surface area contributed by atoms with Crippen molar-refractivity contribution in [2.75, 3.05) is 6.54 Å². The molecule has 49 heavy (non-hydrogen) atoms. The number of nitrogens with zero attached hydrogens (tertiary/aromatic N) is 4. The molecule has 15 nitrogen and oxygen atoms in total. The zero-order valence-electron chi connectivity index (χ0n) is 27.3. The smallest absolute Gasteiger partial charge is 0.246 e. The number of guanidine groups is 1. The van der Waals surface area contributed by atoms with E-state index in [1.807, 2.05) is 48.5 Å². The van der Waals surface area contributed by atoms with Crippen LogP contribution in [0.1, 0.15) is 47.7 Å². The summed E-state index contributed by atoms with van der Waals surface area (Å²) in [6, 6.07) is 11.0. The molecule has 3 aromatic rings. The van der Waals surface area contributed by atoms with Crippen LogP contribution in [-0.2, 0) is 56.3 Å². The molecule has 0 bridgehead atoms. The predicted molar refractivity (Wildman–Crippen MR) is 180 cm³/mol. The van der Waals surface area contributed by atoms with Gasteiger partial charge in [-0.3, -0.25) is 29.0 Å². The van der Waals surface area contributed by atoms with Gasteiger partial charge in [0.2, 0.25) is 29.5 Å². The second kappa shape index (κ2) is 15.4. The van der Waals surface area contributed by atoms with Crippen LogP contribution in [-0.4, -0.2) is 86.0 Å².